The Balaban J connectivity index is 1.50. The van der Waals surface area contributed by atoms with Gasteiger partial charge in [-0.3, -0.25) is 14.3 Å². The molecule has 0 unspecified atom stereocenters. The molecule has 0 spiro atoms. The van der Waals surface area contributed by atoms with E-state index in [0.717, 1.165) is 11.1 Å². The van der Waals surface area contributed by atoms with E-state index in [-0.39, 0.29) is 30.9 Å². The number of hydrogen-bond donors (Lipinski definition) is 0. The van der Waals surface area contributed by atoms with E-state index < -0.39 is 17.5 Å². The van der Waals surface area contributed by atoms with Crippen LogP contribution >= 0.6 is 0 Å². The number of carbonyl (C=O) groups is 2. The number of para-hydroxylation sites is 1. The smallest absolute Gasteiger partial charge is 0.186 e. The molecule has 1 aromatic heterocycles. The third-order valence-corrected chi connectivity index (χ3v) is 5.24. The summed E-state index contributed by atoms with van der Waals surface area (Å²) in [5.41, 5.74) is 1.85. The maximum Gasteiger partial charge on any atom is 0.186 e. The number of hydrogen-bond acceptors (Lipinski definition) is 4. The highest BCUT2D eigenvalue weighted by Gasteiger charge is 2.30. The maximum atomic E-state index is 14.7. The molecule has 148 valence electrons. The summed E-state index contributed by atoms with van der Waals surface area (Å²) in [5, 5.41) is 4.20. The summed E-state index contributed by atoms with van der Waals surface area (Å²) in [5.74, 6) is -1.15. The number of Topliss-reactive ketones (excluding diaryl/α,β-unsaturated/α-hetero) is 2. The number of nitrogens with zero attached hydrogens (tertiary/aromatic N) is 2. The fourth-order valence-corrected chi connectivity index (χ4v) is 3.51. The molecule has 0 N–H and O–H groups in total. The van der Waals surface area contributed by atoms with Crippen LogP contribution in [0.5, 0.6) is 5.75 Å². The fourth-order valence-electron chi connectivity index (χ4n) is 3.51. The molecule has 0 aliphatic carbocycles. The number of rotatable bonds is 5. The van der Waals surface area contributed by atoms with Gasteiger partial charge in [-0.05, 0) is 18.6 Å². The van der Waals surface area contributed by atoms with Crippen LogP contribution in [0.3, 0.4) is 0 Å². The zero-order chi connectivity index (χ0) is 20.4. The van der Waals surface area contributed by atoms with Crippen LogP contribution in [0, 0.1) is 18.7 Å². The van der Waals surface area contributed by atoms with Gasteiger partial charge in [0.25, 0.3) is 0 Å². The van der Waals surface area contributed by atoms with Gasteiger partial charge >= 0.3 is 0 Å². The van der Waals surface area contributed by atoms with E-state index in [0.29, 0.717) is 18.0 Å². The Hall–Kier alpha value is -3.28. The lowest BCUT2D eigenvalue weighted by molar-refractivity contribution is -0.122. The number of benzene rings is 2. The molecule has 1 aliphatic rings. The number of fused-ring (bicyclic) bond motifs is 1. The van der Waals surface area contributed by atoms with Crippen molar-refractivity contribution < 1.29 is 18.7 Å². The SMILES string of the molecule is Cc1c(F)c(C(=O)C[C@H]2COc3ccccc3CC2=O)nn1Cc1ccccc1. The first-order valence-corrected chi connectivity index (χ1v) is 9.56. The summed E-state index contributed by atoms with van der Waals surface area (Å²) in [6, 6.07) is 16.9. The van der Waals surface area contributed by atoms with Gasteiger partial charge in [-0.25, -0.2) is 4.39 Å². The zero-order valence-electron chi connectivity index (χ0n) is 16.1. The van der Waals surface area contributed by atoms with Crippen molar-refractivity contribution in [3.05, 3.63) is 82.9 Å². The van der Waals surface area contributed by atoms with Gasteiger partial charge in [-0.2, -0.15) is 5.10 Å². The Bertz CT molecular complexity index is 1060. The molecule has 0 saturated heterocycles. The number of ketones is 2. The molecule has 2 aromatic carbocycles. The van der Waals surface area contributed by atoms with Crippen molar-refractivity contribution >= 4 is 11.6 Å². The fraction of sp³-hybridized carbons (Fsp3) is 0.261. The van der Waals surface area contributed by atoms with Crippen LogP contribution in [-0.2, 0) is 17.8 Å². The second-order valence-corrected chi connectivity index (χ2v) is 7.28. The normalized spacial score (nSPS) is 16.1. The number of ether oxygens (including phenoxy) is 1. The van der Waals surface area contributed by atoms with Crippen molar-refractivity contribution in [3.8, 4) is 5.75 Å². The Kier molecular flexibility index (Phi) is 5.25. The van der Waals surface area contributed by atoms with Gasteiger partial charge in [0, 0.05) is 18.4 Å². The lowest BCUT2D eigenvalue weighted by atomic mass is 9.94. The molecule has 0 fully saturated rings. The largest absolute Gasteiger partial charge is 0.493 e. The topological polar surface area (TPSA) is 61.2 Å². The van der Waals surface area contributed by atoms with Crippen LogP contribution < -0.4 is 4.74 Å². The molecular weight excluding hydrogens is 371 g/mol. The van der Waals surface area contributed by atoms with Gasteiger partial charge in [0.1, 0.15) is 11.5 Å². The van der Waals surface area contributed by atoms with Gasteiger partial charge in [0.15, 0.2) is 17.3 Å². The molecule has 29 heavy (non-hydrogen) atoms. The molecule has 5 nitrogen and oxygen atoms in total. The standard InChI is InChI=1S/C23H21FN2O3/c1-15-22(24)23(25-26(15)13-16-7-3-2-4-8-16)20(28)12-18-14-29-21-10-6-5-9-17(21)11-19(18)27/h2-10,18H,11-14H2,1H3/t18-/m0/s1. The molecule has 0 bridgehead atoms. The van der Waals surface area contributed by atoms with Crippen molar-refractivity contribution in [2.75, 3.05) is 6.61 Å². The van der Waals surface area contributed by atoms with Crippen molar-refractivity contribution in [2.24, 2.45) is 5.92 Å². The van der Waals surface area contributed by atoms with Gasteiger partial charge in [-0.1, -0.05) is 48.5 Å². The zero-order valence-corrected chi connectivity index (χ0v) is 16.1. The second kappa shape index (κ2) is 7.99. The van der Waals surface area contributed by atoms with E-state index in [1.807, 2.05) is 48.5 Å². The van der Waals surface area contributed by atoms with E-state index in [4.69, 9.17) is 4.74 Å². The van der Waals surface area contributed by atoms with Crippen molar-refractivity contribution in [1.82, 2.24) is 9.78 Å². The molecule has 2 heterocycles. The second-order valence-electron chi connectivity index (χ2n) is 7.28. The summed E-state index contributed by atoms with van der Waals surface area (Å²) >= 11 is 0. The van der Waals surface area contributed by atoms with E-state index >= 15 is 0 Å². The molecule has 0 radical (unpaired) electrons. The van der Waals surface area contributed by atoms with E-state index in [9.17, 15) is 14.0 Å². The number of carbonyl (C=O) groups excluding carboxylic acids is 2. The lowest BCUT2D eigenvalue weighted by Crippen LogP contribution is -2.24. The summed E-state index contributed by atoms with van der Waals surface area (Å²) < 4.78 is 21.9. The molecule has 1 atom stereocenters. The molecule has 4 rings (SSSR count). The van der Waals surface area contributed by atoms with E-state index in [2.05, 4.69) is 5.10 Å². The maximum absolute atomic E-state index is 14.7. The first-order chi connectivity index (χ1) is 14.0. The first-order valence-electron chi connectivity index (χ1n) is 9.56. The highest BCUT2D eigenvalue weighted by Crippen LogP contribution is 2.26. The minimum atomic E-state index is -0.629. The minimum absolute atomic E-state index is 0.0795. The molecule has 6 heteroatoms. The third kappa shape index (κ3) is 3.97. The third-order valence-electron chi connectivity index (χ3n) is 5.24. The predicted octanol–water partition coefficient (Wildman–Crippen LogP) is 3.77. The Morgan fingerprint density at radius 2 is 1.90 bits per heavy atom. The molecule has 3 aromatic rings. The van der Waals surface area contributed by atoms with E-state index in [1.165, 1.54) is 4.68 Å². The summed E-state index contributed by atoms with van der Waals surface area (Å²) in [4.78, 5) is 25.3. The Morgan fingerprint density at radius 1 is 1.17 bits per heavy atom. The van der Waals surface area contributed by atoms with Crippen LogP contribution in [0.2, 0.25) is 0 Å². The summed E-state index contributed by atoms with van der Waals surface area (Å²) in [6.07, 6.45) is 0.0869. The van der Waals surface area contributed by atoms with Gasteiger partial charge in [-0.15, -0.1) is 0 Å². The average Bonchev–Trinajstić information content (AvgIpc) is 2.91. The number of aromatic nitrogens is 2. The Morgan fingerprint density at radius 3 is 2.69 bits per heavy atom. The highest BCUT2D eigenvalue weighted by atomic mass is 19.1. The lowest BCUT2D eigenvalue weighted by Gasteiger charge is -2.11. The molecular formula is C23H21FN2O3. The molecule has 0 amide bonds. The monoisotopic (exact) mass is 392 g/mol. The van der Waals surface area contributed by atoms with Crippen molar-refractivity contribution in [2.45, 2.75) is 26.3 Å². The van der Waals surface area contributed by atoms with Crippen molar-refractivity contribution in [1.29, 1.82) is 0 Å². The van der Waals surface area contributed by atoms with Crippen LogP contribution in [0.15, 0.2) is 54.6 Å². The molecule has 1 aliphatic heterocycles. The van der Waals surface area contributed by atoms with Crippen LogP contribution in [0.1, 0.15) is 33.7 Å². The van der Waals surface area contributed by atoms with Gasteiger partial charge < -0.3 is 4.74 Å². The predicted molar refractivity (Wildman–Crippen MR) is 106 cm³/mol. The van der Waals surface area contributed by atoms with E-state index in [1.54, 1.807) is 13.0 Å². The first kappa shape index (κ1) is 19.1. The van der Waals surface area contributed by atoms with Crippen molar-refractivity contribution in [3.63, 3.8) is 0 Å². The summed E-state index contributed by atoms with van der Waals surface area (Å²) in [6.45, 7) is 2.07. The van der Waals surface area contributed by atoms with Crippen LogP contribution in [0.25, 0.3) is 0 Å². The van der Waals surface area contributed by atoms with Crippen LogP contribution in [-0.4, -0.2) is 28.0 Å². The molecule has 0 saturated carbocycles. The Labute approximate surface area is 168 Å². The highest BCUT2D eigenvalue weighted by molar-refractivity contribution is 5.98. The number of halogens is 1. The van der Waals surface area contributed by atoms with Gasteiger partial charge in [0.05, 0.1) is 24.8 Å². The van der Waals surface area contributed by atoms with Gasteiger partial charge in [0.2, 0.25) is 0 Å². The van der Waals surface area contributed by atoms with Crippen LogP contribution in [0.4, 0.5) is 4.39 Å². The average molecular weight is 392 g/mol. The summed E-state index contributed by atoms with van der Waals surface area (Å²) in [7, 11) is 0. The quantitative estimate of drug-likeness (QED) is 0.620. The minimum Gasteiger partial charge on any atom is -0.493 e.